The number of benzene rings is 1. The van der Waals surface area contributed by atoms with Crippen molar-refractivity contribution >= 4 is 5.71 Å². The molecule has 1 fully saturated rings. The van der Waals surface area contributed by atoms with Crippen LogP contribution >= 0.6 is 0 Å². The molecular weight excluding hydrogens is 256 g/mol. The molecule has 1 aromatic carbocycles. The van der Waals surface area contributed by atoms with Crippen LogP contribution in [0.15, 0.2) is 23.4 Å². The van der Waals surface area contributed by atoms with Gasteiger partial charge in [-0.05, 0) is 31.5 Å². The highest BCUT2D eigenvalue weighted by Crippen LogP contribution is 2.21. The Morgan fingerprint density at radius 3 is 2.85 bits per heavy atom. The summed E-state index contributed by atoms with van der Waals surface area (Å²) in [4.78, 5) is 2.33. The lowest BCUT2D eigenvalue weighted by Crippen LogP contribution is -2.38. The Hall–Kier alpha value is -1.59. The summed E-state index contributed by atoms with van der Waals surface area (Å²) in [5, 5.41) is 12.2. The molecule has 1 aliphatic rings. The third-order valence-corrected chi connectivity index (χ3v) is 3.45. The molecule has 0 radical (unpaired) electrons. The van der Waals surface area contributed by atoms with Gasteiger partial charge in [0.1, 0.15) is 12.4 Å². The highest BCUT2D eigenvalue weighted by Gasteiger charge is 2.11. The molecule has 1 heterocycles. The number of nitrogens with zero attached hydrogens (tertiary/aromatic N) is 2. The first-order valence-corrected chi connectivity index (χ1v) is 6.93. The van der Waals surface area contributed by atoms with Crippen molar-refractivity contribution in [1.82, 2.24) is 4.90 Å². The zero-order chi connectivity index (χ0) is 14.4. The minimum atomic E-state index is 0.561. The molecule has 5 heteroatoms. The van der Waals surface area contributed by atoms with Crippen LogP contribution in [0, 0.1) is 6.92 Å². The first-order valence-electron chi connectivity index (χ1n) is 6.93. The molecule has 1 N–H and O–H groups in total. The fourth-order valence-corrected chi connectivity index (χ4v) is 2.21. The third-order valence-electron chi connectivity index (χ3n) is 3.45. The van der Waals surface area contributed by atoms with Crippen LogP contribution in [-0.2, 0) is 4.74 Å². The van der Waals surface area contributed by atoms with Gasteiger partial charge in [-0.2, -0.15) is 0 Å². The second-order valence-electron chi connectivity index (χ2n) is 4.99. The fraction of sp³-hybridized carbons (Fsp3) is 0.533. The fourth-order valence-electron chi connectivity index (χ4n) is 2.21. The third kappa shape index (κ3) is 3.95. The number of hydrogen-bond donors (Lipinski definition) is 1. The van der Waals surface area contributed by atoms with E-state index in [9.17, 15) is 0 Å². The van der Waals surface area contributed by atoms with Crippen molar-refractivity contribution in [3.05, 3.63) is 29.3 Å². The van der Waals surface area contributed by atoms with Crippen LogP contribution in [0.4, 0.5) is 0 Å². The summed E-state index contributed by atoms with van der Waals surface area (Å²) in [5.74, 6) is 0.772. The Labute approximate surface area is 119 Å². The van der Waals surface area contributed by atoms with Crippen LogP contribution < -0.4 is 4.74 Å². The maximum Gasteiger partial charge on any atom is 0.128 e. The van der Waals surface area contributed by atoms with Gasteiger partial charge in [0.05, 0.1) is 18.9 Å². The Bertz CT molecular complexity index is 468. The van der Waals surface area contributed by atoms with Crippen molar-refractivity contribution in [2.24, 2.45) is 5.16 Å². The predicted molar refractivity (Wildman–Crippen MR) is 77.9 cm³/mol. The molecule has 0 spiro atoms. The number of hydrogen-bond acceptors (Lipinski definition) is 5. The number of oxime groups is 1. The van der Waals surface area contributed by atoms with Crippen LogP contribution in [0.3, 0.4) is 0 Å². The van der Waals surface area contributed by atoms with Gasteiger partial charge in [-0.3, -0.25) is 4.90 Å². The minimum Gasteiger partial charge on any atom is -0.492 e. The number of rotatable bonds is 5. The van der Waals surface area contributed by atoms with Crippen LogP contribution in [0.1, 0.15) is 18.1 Å². The van der Waals surface area contributed by atoms with Gasteiger partial charge in [0.15, 0.2) is 0 Å². The minimum absolute atomic E-state index is 0.561. The van der Waals surface area contributed by atoms with E-state index >= 15 is 0 Å². The predicted octanol–water partition coefficient (Wildman–Crippen LogP) is 1.90. The van der Waals surface area contributed by atoms with E-state index in [1.165, 1.54) is 0 Å². The van der Waals surface area contributed by atoms with E-state index in [0.717, 1.165) is 49.7 Å². The molecule has 0 aliphatic carbocycles. The highest BCUT2D eigenvalue weighted by molar-refractivity contribution is 6.00. The zero-order valence-electron chi connectivity index (χ0n) is 12.1. The van der Waals surface area contributed by atoms with Crippen molar-refractivity contribution in [3.8, 4) is 5.75 Å². The van der Waals surface area contributed by atoms with Crippen molar-refractivity contribution in [1.29, 1.82) is 0 Å². The monoisotopic (exact) mass is 278 g/mol. The Morgan fingerprint density at radius 2 is 2.15 bits per heavy atom. The second-order valence-corrected chi connectivity index (χ2v) is 4.99. The summed E-state index contributed by atoms with van der Waals surface area (Å²) in [7, 11) is 0. The highest BCUT2D eigenvalue weighted by atomic mass is 16.5. The van der Waals surface area contributed by atoms with Crippen molar-refractivity contribution in [3.63, 3.8) is 0 Å². The maximum absolute atomic E-state index is 8.92. The van der Waals surface area contributed by atoms with E-state index in [0.29, 0.717) is 12.3 Å². The van der Waals surface area contributed by atoms with Gasteiger partial charge in [-0.1, -0.05) is 11.2 Å². The lowest BCUT2D eigenvalue weighted by molar-refractivity contribution is 0.0322. The van der Waals surface area contributed by atoms with E-state index in [4.69, 9.17) is 14.7 Å². The molecule has 1 aromatic rings. The van der Waals surface area contributed by atoms with E-state index in [2.05, 4.69) is 10.1 Å². The van der Waals surface area contributed by atoms with Gasteiger partial charge in [-0.25, -0.2) is 0 Å². The Morgan fingerprint density at radius 1 is 1.40 bits per heavy atom. The molecule has 0 aromatic heterocycles. The standard InChI is InChI=1S/C15H22N2O3/c1-12-3-4-14(13(2)16-18)15(11-12)20-10-7-17-5-8-19-9-6-17/h3-4,11,18H,5-10H2,1-2H3. The van der Waals surface area contributed by atoms with Gasteiger partial charge < -0.3 is 14.7 Å². The van der Waals surface area contributed by atoms with Gasteiger partial charge in [0.25, 0.3) is 0 Å². The Kier molecular flexibility index (Phi) is 5.38. The van der Waals surface area contributed by atoms with Gasteiger partial charge in [0, 0.05) is 25.2 Å². The zero-order valence-corrected chi connectivity index (χ0v) is 12.1. The molecule has 0 amide bonds. The number of aryl methyl sites for hydroxylation is 1. The van der Waals surface area contributed by atoms with Gasteiger partial charge in [-0.15, -0.1) is 0 Å². The normalized spacial score (nSPS) is 17.2. The molecule has 0 bridgehead atoms. The average molecular weight is 278 g/mol. The summed E-state index contributed by atoms with van der Waals surface area (Å²) >= 11 is 0. The average Bonchev–Trinajstić information content (AvgIpc) is 2.48. The van der Waals surface area contributed by atoms with Crippen molar-refractivity contribution in [2.45, 2.75) is 13.8 Å². The lowest BCUT2D eigenvalue weighted by atomic mass is 10.1. The molecule has 0 unspecified atom stereocenters. The molecule has 0 atom stereocenters. The van der Waals surface area contributed by atoms with Crippen LogP contribution in [0.25, 0.3) is 0 Å². The topological polar surface area (TPSA) is 54.3 Å². The summed E-state index contributed by atoms with van der Waals surface area (Å²) in [6, 6.07) is 5.89. The lowest BCUT2D eigenvalue weighted by Gasteiger charge is -2.26. The van der Waals surface area contributed by atoms with E-state index in [1.807, 2.05) is 25.1 Å². The van der Waals surface area contributed by atoms with E-state index in [-0.39, 0.29) is 0 Å². The first kappa shape index (κ1) is 14.8. The van der Waals surface area contributed by atoms with Gasteiger partial charge >= 0.3 is 0 Å². The molecular formula is C15H22N2O3. The molecule has 0 saturated carbocycles. The van der Waals surface area contributed by atoms with Crippen molar-refractivity contribution in [2.75, 3.05) is 39.5 Å². The molecule has 2 rings (SSSR count). The summed E-state index contributed by atoms with van der Waals surface area (Å²) < 4.78 is 11.2. The largest absolute Gasteiger partial charge is 0.492 e. The van der Waals surface area contributed by atoms with Gasteiger partial charge in [0.2, 0.25) is 0 Å². The van der Waals surface area contributed by atoms with Crippen molar-refractivity contribution < 1.29 is 14.7 Å². The van der Waals surface area contributed by atoms with Crippen LogP contribution in [-0.4, -0.2) is 55.3 Å². The van der Waals surface area contributed by atoms with Crippen LogP contribution in [0.5, 0.6) is 5.75 Å². The van der Waals surface area contributed by atoms with E-state index < -0.39 is 0 Å². The molecule has 20 heavy (non-hydrogen) atoms. The smallest absolute Gasteiger partial charge is 0.128 e. The molecule has 1 aliphatic heterocycles. The first-order chi connectivity index (χ1) is 9.70. The molecule has 110 valence electrons. The SMILES string of the molecule is CC(=NO)c1ccc(C)cc1OCCN1CCOCC1. The second kappa shape index (κ2) is 7.26. The quantitative estimate of drug-likeness (QED) is 0.508. The Balaban J connectivity index is 1.95. The number of morpholine rings is 1. The molecule has 5 nitrogen and oxygen atoms in total. The molecule has 1 saturated heterocycles. The number of ether oxygens (including phenoxy) is 2. The van der Waals surface area contributed by atoms with Crippen LogP contribution in [0.2, 0.25) is 0 Å². The summed E-state index contributed by atoms with van der Waals surface area (Å²) in [5.41, 5.74) is 2.52. The van der Waals surface area contributed by atoms with E-state index in [1.54, 1.807) is 6.92 Å². The summed E-state index contributed by atoms with van der Waals surface area (Å²) in [6.07, 6.45) is 0. The maximum atomic E-state index is 8.92. The summed E-state index contributed by atoms with van der Waals surface area (Å²) in [6.45, 7) is 8.80.